The molecule has 0 radical (unpaired) electrons. The molecule has 5 rings (SSSR count). The van der Waals surface area contributed by atoms with Crippen molar-refractivity contribution in [1.82, 2.24) is 20.5 Å². The van der Waals surface area contributed by atoms with Crippen molar-refractivity contribution in [3.63, 3.8) is 0 Å². The minimum atomic E-state index is -0.565. The van der Waals surface area contributed by atoms with Crippen LogP contribution >= 0.6 is 0 Å². The summed E-state index contributed by atoms with van der Waals surface area (Å²) < 4.78 is 5.44. The highest BCUT2D eigenvalue weighted by Gasteiger charge is 2.50. The average molecular weight is 497 g/mol. The number of nitrogens with one attached hydrogen (secondary N) is 3. The van der Waals surface area contributed by atoms with Crippen molar-refractivity contribution in [2.75, 3.05) is 26.8 Å². The van der Waals surface area contributed by atoms with Crippen LogP contribution in [0.25, 0.3) is 10.9 Å². The van der Waals surface area contributed by atoms with Crippen LogP contribution in [0.3, 0.4) is 0 Å². The molecule has 1 aromatic carbocycles. The third-order valence-electron chi connectivity index (χ3n) is 8.32. The number of aromatic nitrogens is 1. The van der Waals surface area contributed by atoms with Gasteiger partial charge < -0.3 is 30.4 Å². The molecule has 3 aliphatic rings. The Morgan fingerprint density at radius 3 is 2.89 bits per heavy atom. The van der Waals surface area contributed by atoms with Gasteiger partial charge in [-0.2, -0.15) is 0 Å². The molecule has 4 N–H and O–H groups in total. The van der Waals surface area contributed by atoms with E-state index >= 15 is 0 Å². The van der Waals surface area contributed by atoms with Crippen molar-refractivity contribution in [1.29, 1.82) is 0 Å². The summed E-state index contributed by atoms with van der Waals surface area (Å²) in [7, 11) is 1.60. The van der Waals surface area contributed by atoms with Crippen LogP contribution in [0.2, 0.25) is 0 Å². The fourth-order valence-corrected chi connectivity index (χ4v) is 6.43. The smallest absolute Gasteiger partial charge is 0.271 e. The summed E-state index contributed by atoms with van der Waals surface area (Å²) in [4.78, 5) is 44.2. The molecule has 1 aromatic heterocycles. The monoisotopic (exact) mass is 496 g/mol. The van der Waals surface area contributed by atoms with Gasteiger partial charge in [0.1, 0.15) is 17.5 Å². The molecule has 36 heavy (non-hydrogen) atoms. The first-order chi connectivity index (χ1) is 17.5. The summed E-state index contributed by atoms with van der Waals surface area (Å²) in [6.45, 7) is 1.07. The molecule has 2 aliphatic heterocycles. The number of aromatic amines is 1. The van der Waals surface area contributed by atoms with Crippen LogP contribution < -0.4 is 15.4 Å². The van der Waals surface area contributed by atoms with Gasteiger partial charge in [-0.3, -0.25) is 14.4 Å². The molecule has 3 heterocycles. The molecule has 3 fully saturated rings. The van der Waals surface area contributed by atoms with Gasteiger partial charge in [-0.15, -0.1) is 0 Å². The number of amides is 3. The summed E-state index contributed by atoms with van der Waals surface area (Å²) in [5.41, 5.74) is 1.25. The third kappa shape index (κ3) is 4.68. The number of methoxy groups -OCH3 is 1. The molecular weight excluding hydrogens is 460 g/mol. The van der Waals surface area contributed by atoms with E-state index in [0.717, 1.165) is 43.0 Å². The van der Waals surface area contributed by atoms with Gasteiger partial charge in [-0.05, 0) is 68.6 Å². The van der Waals surface area contributed by atoms with Gasteiger partial charge in [0.05, 0.1) is 19.8 Å². The summed E-state index contributed by atoms with van der Waals surface area (Å²) >= 11 is 0. The summed E-state index contributed by atoms with van der Waals surface area (Å²) in [5, 5.41) is 16.7. The highest BCUT2D eigenvalue weighted by molar-refractivity contribution is 6.02. The lowest BCUT2D eigenvalue weighted by molar-refractivity contribution is -0.127. The lowest BCUT2D eigenvalue weighted by Gasteiger charge is -2.29. The van der Waals surface area contributed by atoms with E-state index in [1.165, 1.54) is 0 Å². The Hall–Kier alpha value is -3.07. The van der Waals surface area contributed by atoms with Crippen LogP contribution in [0.4, 0.5) is 0 Å². The van der Waals surface area contributed by atoms with Gasteiger partial charge in [0.25, 0.3) is 5.91 Å². The van der Waals surface area contributed by atoms with Crippen LogP contribution in [0, 0.1) is 17.8 Å². The molecule has 0 bridgehead atoms. The number of carbonyl (C=O) groups excluding carboxylic acids is 3. The Bertz CT molecular complexity index is 1130. The van der Waals surface area contributed by atoms with Gasteiger partial charge in [-0.25, -0.2) is 0 Å². The molecule has 194 valence electrons. The molecule has 1 aliphatic carbocycles. The van der Waals surface area contributed by atoms with Crippen molar-refractivity contribution in [2.24, 2.45) is 17.8 Å². The zero-order chi connectivity index (χ0) is 25.2. The van der Waals surface area contributed by atoms with E-state index in [2.05, 4.69) is 15.6 Å². The molecule has 3 amide bonds. The number of rotatable bonds is 8. The number of piperidine rings is 1. The van der Waals surface area contributed by atoms with Gasteiger partial charge in [0.15, 0.2) is 0 Å². The number of benzene rings is 1. The zero-order valence-corrected chi connectivity index (χ0v) is 20.8. The first-order valence-corrected chi connectivity index (χ1v) is 13.2. The number of hydrogen-bond acceptors (Lipinski definition) is 5. The number of ether oxygens (including phenoxy) is 1. The first kappa shape index (κ1) is 24.6. The molecule has 0 unspecified atom stereocenters. The Morgan fingerprint density at radius 2 is 2.11 bits per heavy atom. The summed E-state index contributed by atoms with van der Waals surface area (Å²) in [6.07, 6.45) is 5.92. The molecule has 5 atom stereocenters. The molecule has 2 saturated heterocycles. The van der Waals surface area contributed by atoms with E-state index in [1.807, 2.05) is 18.2 Å². The van der Waals surface area contributed by atoms with E-state index < -0.39 is 12.1 Å². The van der Waals surface area contributed by atoms with E-state index in [4.69, 9.17) is 4.74 Å². The Balaban J connectivity index is 1.31. The predicted molar refractivity (Wildman–Crippen MR) is 134 cm³/mol. The maximum Gasteiger partial charge on any atom is 0.271 e. The van der Waals surface area contributed by atoms with Gasteiger partial charge in [0, 0.05) is 29.9 Å². The molecule has 1 saturated carbocycles. The van der Waals surface area contributed by atoms with Crippen molar-refractivity contribution in [3.8, 4) is 5.75 Å². The van der Waals surface area contributed by atoms with E-state index in [-0.39, 0.29) is 36.2 Å². The number of likely N-dealkylation sites (tertiary alicyclic amines) is 1. The van der Waals surface area contributed by atoms with Crippen LogP contribution in [0.1, 0.15) is 55.4 Å². The molecular formula is C27H36N4O5. The third-order valence-corrected chi connectivity index (χ3v) is 8.32. The number of aliphatic hydroxyl groups excluding tert-OH is 1. The van der Waals surface area contributed by atoms with E-state index in [1.54, 1.807) is 18.1 Å². The topological polar surface area (TPSA) is 124 Å². The van der Waals surface area contributed by atoms with Gasteiger partial charge in [-0.1, -0.05) is 12.5 Å². The predicted octanol–water partition coefficient (Wildman–Crippen LogP) is 2.20. The lowest BCUT2D eigenvalue weighted by Crippen LogP contribution is -2.52. The fraction of sp³-hybridized carbons (Fsp3) is 0.593. The quantitative estimate of drug-likeness (QED) is 0.446. The summed E-state index contributed by atoms with van der Waals surface area (Å²) in [5.74, 6) is 0.695. The Kier molecular flexibility index (Phi) is 7.18. The number of fused-ring (bicyclic) bond motifs is 2. The number of H-pyrrole nitrogens is 1. The second-order valence-corrected chi connectivity index (χ2v) is 10.5. The van der Waals surface area contributed by atoms with Crippen molar-refractivity contribution in [3.05, 3.63) is 30.0 Å². The number of aliphatic hydroxyl groups is 1. The second kappa shape index (κ2) is 10.5. The minimum absolute atomic E-state index is 0.0561. The minimum Gasteiger partial charge on any atom is -0.496 e. The normalized spacial score (nSPS) is 26.5. The maximum atomic E-state index is 13.7. The van der Waals surface area contributed by atoms with Gasteiger partial charge in [0.2, 0.25) is 11.8 Å². The highest BCUT2D eigenvalue weighted by Crippen LogP contribution is 2.43. The maximum absolute atomic E-state index is 13.7. The Morgan fingerprint density at radius 1 is 1.25 bits per heavy atom. The zero-order valence-electron chi connectivity index (χ0n) is 20.8. The van der Waals surface area contributed by atoms with E-state index in [9.17, 15) is 19.5 Å². The number of hydrogen-bond donors (Lipinski definition) is 4. The van der Waals surface area contributed by atoms with Crippen LogP contribution in [-0.4, -0.2) is 71.6 Å². The first-order valence-electron chi connectivity index (χ1n) is 13.2. The Labute approximate surface area is 210 Å². The largest absolute Gasteiger partial charge is 0.496 e. The molecule has 9 heteroatoms. The van der Waals surface area contributed by atoms with Crippen molar-refractivity contribution < 1.29 is 24.2 Å². The summed E-state index contributed by atoms with van der Waals surface area (Å²) in [6, 6.07) is 6.41. The van der Waals surface area contributed by atoms with E-state index in [0.29, 0.717) is 43.3 Å². The van der Waals surface area contributed by atoms with Crippen molar-refractivity contribution >= 4 is 28.6 Å². The van der Waals surface area contributed by atoms with Crippen molar-refractivity contribution in [2.45, 2.75) is 57.0 Å². The fourth-order valence-electron chi connectivity index (χ4n) is 6.43. The van der Waals surface area contributed by atoms with Crippen LogP contribution in [0.15, 0.2) is 24.3 Å². The number of carbonyl (C=O) groups is 3. The number of nitrogens with zero attached hydrogens (tertiary/aromatic N) is 1. The molecule has 2 aromatic rings. The lowest BCUT2D eigenvalue weighted by atomic mass is 9.91. The van der Waals surface area contributed by atoms with Gasteiger partial charge >= 0.3 is 0 Å². The second-order valence-electron chi connectivity index (χ2n) is 10.5. The average Bonchev–Trinajstić information content (AvgIpc) is 3.60. The van der Waals surface area contributed by atoms with Crippen LogP contribution in [0.5, 0.6) is 5.75 Å². The standard InChI is InChI=1S/C27H36N4O5/c1-36-23-9-3-8-21-20(23)13-22(30-21)27(35)31-14-17-5-2-7-19(17)24(31)26(34)29-18(15-32)11-10-16-6-4-12-28-25(16)33/h3,8-9,13,16-19,24,30,32H,2,4-7,10-12,14-15H2,1H3,(H,28,33)(H,29,34)/t16-,17-,18-,19-,24-/m0/s1. The highest BCUT2D eigenvalue weighted by atomic mass is 16.5. The van der Waals surface area contributed by atoms with Crippen LogP contribution in [-0.2, 0) is 9.59 Å². The SMILES string of the molecule is COc1cccc2[nH]c(C(=O)N3C[C@@H]4CCC[C@@H]4[C@H]3C(=O)N[C@H](CO)CC[C@@H]3CCCNC3=O)cc12. The molecule has 0 spiro atoms. The molecule has 9 nitrogen and oxygen atoms in total.